The van der Waals surface area contributed by atoms with Crippen molar-refractivity contribution in [1.29, 1.82) is 0 Å². The van der Waals surface area contributed by atoms with E-state index in [0.29, 0.717) is 29.5 Å². The number of nitrogens with one attached hydrogen (secondary N) is 1. The number of carbonyl (C=O) groups is 1. The third-order valence-corrected chi connectivity index (χ3v) is 6.43. The van der Waals surface area contributed by atoms with Crippen LogP contribution in [0.4, 0.5) is 15.6 Å². The van der Waals surface area contributed by atoms with E-state index in [2.05, 4.69) is 35.3 Å². The first-order valence-corrected chi connectivity index (χ1v) is 10.8. The summed E-state index contributed by atoms with van der Waals surface area (Å²) in [6, 6.07) is 11.4. The van der Waals surface area contributed by atoms with Crippen molar-refractivity contribution in [2.24, 2.45) is 0 Å². The van der Waals surface area contributed by atoms with Gasteiger partial charge in [0.1, 0.15) is 5.75 Å². The first-order valence-electron chi connectivity index (χ1n) is 9.62. The van der Waals surface area contributed by atoms with Crippen LogP contribution in [0.2, 0.25) is 5.02 Å². The second-order valence-electron chi connectivity index (χ2n) is 6.86. The Hall–Kier alpha value is -2.51. The predicted octanol–water partition coefficient (Wildman–Crippen LogP) is 4.87. The van der Waals surface area contributed by atoms with Crippen LogP contribution in [-0.4, -0.2) is 49.2 Å². The fourth-order valence-corrected chi connectivity index (χ4v) is 4.72. The summed E-state index contributed by atoms with van der Waals surface area (Å²) in [4.78, 5) is 21.6. The van der Waals surface area contributed by atoms with Crippen LogP contribution in [0, 0.1) is 0 Å². The maximum Gasteiger partial charge on any atom is 0.322 e. The molecule has 6 nitrogen and oxygen atoms in total. The van der Waals surface area contributed by atoms with Gasteiger partial charge < -0.3 is 19.9 Å². The lowest BCUT2D eigenvalue weighted by Crippen LogP contribution is -2.50. The summed E-state index contributed by atoms with van der Waals surface area (Å²) in [5.74, 6) is 0.586. The van der Waals surface area contributed by atoms with Crippen molar-refractivity contribution < 1.29 is 9.53 Å². The molecule has 2 heterocycles. The number of piperazine rings is 1. The SMILES string of the molecule is CCc1cccc2sc(N3CCN(C(=O)Nc4cc(Cl)ccc4OC)CC3)nc12. The van der Waals surface area contributed by atoms with Gasteiger partial charge in [-0.1, -0.05) is 42.0 Å². The second kappa shape index (κ2) is 8.47. The number of para-hydroxylation sites is 1. The Morgan fingerprint density at radius 1 is 1.24 bits per heavy atom. The summed E-state index contributed by atoms with van der Waals surface area (Å²) in [6.07, 6.45) is 0.974. The third kappa shape index (κ3) is 4.11. The Balaban J connectivity index is 1.42. The van der Waals surface area contributed by atoms with Crippen molar-refractivity contribution in [2.75, 3.05) is 43.5 Å². The molecule has 3 aromatic rings. The molecule has 1 aromatic heterocycles. The molecule has 1 saturated heterocycles. The van der Waals surface area contributed by atoms with E-state index < -0.39 is 0 Å². The lowest BCUT2D eigenvalue weighted by molar-refractivity contribution is 0.208. The number of benzene rings is 2. The van der Waals surface area contributed by atoms with Gasteiger partial charge in [-0.2, -0.15) is 0 Å². The molecule has 4 rings (SSSR count). The molecule has 1 N–H and O–H groups in total. The van der Waals surface area contributed by atoms with Crippen LogP contribution in [-0.2, 0) is 6.42 Å². The van der Waals surface area contributed by atoms with Crippen molar-refractivity contribution >= 4 is 50.0 Å². The highest BCUT2D eigenvalue weighted by atomic mass is 35.5. The van der Waals surface area contributed by atoms with Gasteiger partial charge >= 0.3 is 6.03 Å². The maximum atomic E-state index is 12.7. The van der Waals surface area contributed by atoms with Crippen LogP contribution < -0.4 is 15.0 Å². The average Bonchev–Trinajstić information content (AvgIpc) is 3.18. The number of ether oxygens (including phenoxy) is 1. The molecule has 0 radical (unpaired) electrons. The fourth-order valence-electron chi connectivity index (χ4n) is 3.49. The summed E-state index contributed by atoms with van der Waals surface area (Å²) < 4.78 is 6.52. The number of halogens is 1. The minimum atomic E-state index is -0.150. The predicted molar refractivity (Wildman–Crippen MR) is 120 cm³/mol. The van der Waals surface area contributed by atoms with E-state index in [1.54, 1.807) is 36.6 Å². The van der Waals surface area contributed by atoms with Crippen LogP contribution in [0.15, 0.2) is 36.4 Å². The molecule has 0 atom stereocenters. The highest BCUT2D eigenvalue weighted by Gasteiger charge is 2.24. The number of carbonyl (C=O) groups excluding carboxylic acids is 1. The van der Waals surface area contributed by atoms with E-state index in [1.807, 2.05) is 4.90 Å². The molecule has 0 spiro atoms. The third-order valence-electron chi connectivity index (χ3n) is 5.11. The van der Waals surface area contributed by atoms with E-state index in [-0.39, 0.29) is 6.03 Å². The number of thiazole rings is 1. The minimum absolute atomic E-state index is 0.150. The van der Waals surface area contributed by atoms with Crippen LogP contribution in [0.1, 0.15) is 12.5 Å². The first-order chi connectivity index (χ1) is 14.1. The zero-order valence-corrected chi connectivity index (χ0v) is 18.0. The number of fused-ring (bicyclic) bond motifs is 1. The molecular weight excluding hydrogens is 408 g/mol. The lowest BCUT2D eigenvalue weighted by Gasteiger charge is -2.34. The number of aromatic nitrogens is 1. The number of methoxy groups -OCH3 is 1. The van der Waals surface area contributed by atoms with Gasteiger partial charge in [-0.25, -0.2) is 9.78 Å². The van der Waals surface area contributed by atoms with E-state index in [0.717, 1.165) is 30.2 Å². The molecule has 0 unspecified atom stereocenters. The molecule has 152 valence electrons. The number of rotatable bonds is 4. The maximum absolute atomic E-state index is 12.7. The standard InChI is InChI=1S/C21H23ClN4O2S/c1-3-14-5-4-6-18-19(14)24-21(29-18)26-11-9-25(10-12-26)20(27)23-16-13-15(22)7-8-17(16)28-2/h4-8,13H,3,9-12H2,1-2H3,(H,23,27). The van der Waals surface area contributed by atoms with Crippen molar-refractivity contribution in [3.05, 3.63) is 47.0 Å². The topological polar surface area (TPSA) is 57.7 Å². The normalized spacial score (nSPS) is 14.3. The molecule has 0 bridgehead atoms. The van der Waals surface area contributed by atoms with Gasteiger partial charge in [0.25, 0.3) is 0 Å². The van der Waals surface area contributed by atoms with E-state index in [1.165, 1.54) is 10.3 Å². The first kappa shape index (κ1) is 19.8. The fraction of sp³-hybridized carbons (Fsp3) is 0.333. The van der Waals surface area contributed by atoms with Crippen LogP contribution in [0.3, 0.4) is 0 Å². The van der Waals surface area contributed by atoms with E-state index in [4.69, 9.17) is 21.3 Å². The molecule has 1 fully saturated rings. The van der Waals surface area contributed by atoms with Gasteiger partial charge in [0.2, 0.25) is 0 Å². The molecule has 0 saturated carbocycles. The zero-order chi connectivity index (χ0) is 20.4. The van der Waals surface area contributed by atoms with Gasteiger partial charge in [0.05, 0.1) is 23.0 Å². The summed E-state index contributed by atoms with van der Waals surface area (Å²) >= 11 is 7.77. The van der Waals surface area contributed by atoms with Gasteiger partial charge in [0.15, 0.2) is 5.13 Å². The van der Waals surface area contributed by atoms with Gasteiger partial charge in [-0.05, 0) is 36.2 Å². The number of anilines is 2. The van der Waals surface area contributed by atoms with Gasteiger partial charge in [-0.15, -0.1) is 0 Å². The highest BCUT2D eigenvalue weighted by Crippen LogP contribution is 2.32. The Kier molecular flexibility index (Phi) is 5.78. The van der Waals surface area contributed by atoms with Crippen molar-refractivity contribution in [2.45, 2.75) is 13.3 Å². The number of amides is 2. The smallest absolute Gasteiger partial charge is 0.322 e. The number of urea groups is 1. The Morgan fingerprint density at radius 3 is 2.76 bits per heavy atom. The van der Waals surface area contributed by atoms with Crippen molar-refractivity contribution in [3.8, 4) is 5.75 Å². The molecule has 1 aliphatic rings. The monoisotopic (exact) mass is 430 g/mol. The molecule has 0 aliphatic carbocycles. The Morgan fingerprint density at radius 2 is 2.03 bits per heavy atom. The highest BCUT2D eigenvalue weighted by molar-refractivity contribution is 7.22. The minimum Gasteiger partial charge on any atom is -0.495 e. The molecule has 8 heteroatoms. The van der Waals surface area contributed by atoms with Gasteiger partial charge in [-0.3, -0.25) is 0 Å². The van der Waals surface area contributed by atoms with E-state index in [9.17, 15) is 4.79 Å². The lowest BCUT2D eigenvalue weighted by atomic mass is 10.1. The molecular formula is C21H23ClN4O2S. The van der Waals surface area contributed by atoms with Crippen LogP contribution in [0.25, 0.3) is 10.2 Å². The zero-order valence-electron chi connectivity index (χ0n) is 16.4. The summed E-state index contributed by atoms with van der Waals surface area (Å²) in [5.41, 5.74) is 2.95. The quantitative estimate of drug-likeness (QED) is 0.641. The number of aryl methyl sites for hydroxylation is 1. The summed E-state index contributed by atoms with van der Waals surface area (Å²) in [5, 5.41) is 4.48. The van der Waals surface area contributed by atoms with Crippen LogP contribution in [0.5, 0.6) is 5.75 Å². The van der Waals surface area contributed by atoms with E-state index >= 15 is 0 Å². The van der Waals surface area contributed by atoms with Crippen LogP contribution >= 0.6 is 22.9 Å². The van der Waals surface area contributed by atoms with Gasteiger partial charge in [0, 0.05) is 31.2 Å². The largest absolute Gasteiger partial charge is 0.495 e. The summed E-state index contributed by atoms with van der Waals surface area (Å²) in [7, 11) is 1.57. The molecule has 29 heavy (non-hydrogen) atoms. The van der Waals surface area contributed by atoms with Crippen molar-refractivity contribution in [3.63, 3.8) is 0 Å². The molecule has 2 amide bonds. The number of hydrogen-bond acceptors (Lipinski definition) is 5. The number of hydrogen-bond donors (Lipinski definition) is 1. The number of nitrogens with zero attached hydrogens (tertiary/aromatic N) is 3. The van der Waals surface area contributed by atoms with Crippen molar-refractivity contribution in [1.82, 2.24) is 9.88 Å². The molecule has 1 aliphatic heterocycles. The average molecular weight is 431 g/mol. The Labute approximate surface area is 179 Å². The second-order valence-corrected chi connectivity index (χ2v) is 8.31. The Bertz CT molecular complexity index is 1030. The molecule has 2 aromatic carbocycles. The summed E-state index contributed by atoms with van der Waals surface area (Å²) in [6.45, 7) is 4.92.